The van der Waals surface area contributed by atoms with E-state index in [0.717, 1.165) is 0 Å². The molecule has 1 amide bonds. The zero-order valence-electron chi connectivity index (χ0n) is 16.7. The van der Waals surface area contributed by atoms with Crippen LogP contribution in [0.15, 0.2) is 0 Å². The van der Waals surface area contributed by atoms with Gasteiger partial charge in [0.2, 0.25) is 0 Å². The van der Waals surface area contributed by atoms with Crippen LogP contribution < -0.4 is 5.32 Å². The molecule has 0 aliphatic rings. The lowest BCUT2D eigenvalue weighted by molar-refractivity contribution is 0.104. The topological polar surface area (TPSA) is 67.8 Å². The number of hydrogen-bond acceptors (Lipinski definition) is 3. The minimum Gasteiger partial charge on any atom is -0.465 e. The van der Waals surface area contributed by atoms with E-state index in [1.54, 1.807) is 0 Å². The second-order valence-corrected chi connectivity index (χ2v) is 18.8. The lowest BCUT2D eigenvalue weighted by atomic mass is 10.2. The number of amides is 1. The van der Waals surface area contributed by atoms with Gasteiger partial charge in [-0.05, 0) is 36.3 Å². The third-order valence-electron chi connectivity index (χ3n) is 5.18. The molecule has 0 aliphatic carbocycles. The summed E-state index contributed by atoms with van der Waals surface area (Å²) in [5.41, 5.74) is 0. The van der Waals surface area contributed by atoms with Crippen LogP contribution in [0, 0.1) is 0 Å². The predicted molar refractivity (Wildman–Crippen MR) is 101 cm³/mol. The molecule has 0 fully saturated rings. The van der Waals surface area contributed by atoms with E-state index in [0.29, 0.717) is 6.61 Å². The number of carboxylic acid groups (broad SMARTS) is 1. The highest BCUT2D eigenvalue weighted by atomic mass is 28.4. The maximum absolute atomic E-state index is 10.8. The standard InChI is InChI=1S/C16H37NO4Si2/c1-15(2,3)22(7,8)20-12-13(11-17-14(18)19)21-23(9,10)16(4,5)6/h13,17H,11-12H2,1-10H3,(H,18,19). The van der Waals surface area contributed by atoms with Crippen LogP contribution in [0.25, 0.3) is 0 Å². The zero-order valence-corrected chi connectivity index (χ0v) is 18.7. The Labute approximate surface area is 144 Å². The van der Waals surface area contributed by atoms with Gasteiger partial charge in [-0.3, -0.25) is 0 Å². The van der Waals surface area contributed by atoms with Crippen LogP contribution in [0.5, 0.6) is 0 Å². The summed E-state index contributed by atoms with van der Waals surface area (Å²) < 4.78 is 12.6. The van der Waals surface area contributed by atoms with E-state index in [2.05, 4.69) is 73.0 Å². The second kappa shape index (κ2) is 7.67. The lowest BCUT2D eigenvalue weighted by Gasteiger charge is -2.41. The predicted octanol–water partition coefficient (Wildman–Crippen LogP) is 4.67. The van der Waals surface area contributed by atoms with Crippen molar-refractivity contribution < 1.29 is 18.8 Å². The molecule has 138 valence electrons. The van der Waals surface area contributed by atoms with Gasteiger partial charge in [0, 0.05) is 6.54 Å². The van der Waals surface area contributed by atoms with Crippen LogP contribution in [-0.4, -0.2) is 47.1 Å². The first-order valence-corrected chi connectivity index (χ1v) is 14.1. The Kier molecular flexibility index (Phi) is 7.55. The fourth-order valence-corrected chi connectivity index (χ4v) is 3.82. The van der Waals surface area contributed by atoms with Gasteiger partial charge in [0.1, 0.15) is 0 Å². The molecule has 0 aromatic heterocycles. The van der Waals surface area contributed by atoms with E-state index < -0.39 is 22.7 Å². The van der Waals surface area contributed by atoms with E-state index in [4.69, 9.17) is 14.0 Å². The number of hydrogen-bond donors (Lipinski definition) is 2. The Morgan fingerprint density at radius 2 is 1.43 bits per heavy atom. The summed E-state index contributed by atoms with van der Waals surface area (Å²) in [6.07, 6.45) is -1.28. The van der Waals surface area contributed by atoms with Crippen molar-refractivity contribution in [1.29, 1.82) is 0 Å². The molecule has 0 bridgehead atoms. The van der Waals surface area contributed by atoms with Crippen LogP contribution >= 0.6 is 0 Å². The normalized spacial score (nSPS) is 15.4. The number of nitrogens with one attached hydrogen (secondary N) is 1. The molecule has 1 unspecified atom stereocenters. The monoisotopic (exact) mass is 363 g/mol. The Balaban J connectivity index is 5.00. The van der Waals surface area contributed by atoms with Gasteiger partial charge in [-0.1, -0.05) is 41.5 Å². The first-order chi connectivity index (χ1) is 9.99. The maximum Gasteiger partial charge on any atom is 0.404 e. The summed E-state index contributed by atoms with van der Waals surface area (Å²) in [6, 6.07) is 0. The van der Waals surface area contributed by atoms with E-state index in [9.17, 15) is 4.79 Å². The van der Waals surface area contributed by atoms with Crippen molar-refractivity contribution in [3.8, 4) is 0 Å². The van der Waals surface area contributed by atoms with Crippen molar-refractivity contribution in [1.82, 2.24) is 5.32 Å². The molecule has 0 radical (unpaired) electrons. The molecule has 0 heterocycles. The quantitative estimate of drug-likeness (QED) is 0.645. The van der Waals surface area contributed by atoms with Gasteiger partial charge < -0.3 is 19.3 Å². The van der Waals surface area contributed by atoms with Crippen LogP contribution in [0.2, 0.25) is 36.3 Å². The second-order valence-electron chi connectivity index (χ2n) is 9.26. The SMILES string of the molecule is CC(C)(C)[Si](C)(C)OCC(CNC(=O)O)O[Si](C)(C)C(C)(C)C. The van der Waals surface area contributed by atoms with Crippen LogP contribution in [0.4, 0.5) is 4.79 Å². The van der Waals surface area contributed by atoms with E-state index in [1.807, 2.05) is 0 Å². The van der Waals surface area contributed by atoms with Gasteiger partial charge in [0.05, 0.1) is 12.7 Å². The zero-order chi connectivity index (χ0) is 18.7. The minimum atomic E-state index is -1.98. The maximum atomic E-state index is 10.8. The smallest absolute Gasteiger partial charge is 0.404 e. The molecule has 23 heavy (non-hydrogen) atoms. The third kappa shape index (κ3) is 7.37. The molecule has 1 atom stereocenters. The van der Waals surface area contributed by atoms with Gasteiger partial charge in [-0.2, -0.15) is 0 Å². The molecule has 0 saturated heterocycles. The first kappa shape index (κ1) is 22.6. The van der Waals surface area contributed by atoms with Crippen LogP contribution in [-0.2, 0) is 8.85 Å². The summed E-state index contributed by atoms with van der Waals surface area (Å²) in [5, 5.41) is 11.5. The fraction of sp³-hybridized carbons (Fsp3) is 0.938. The average Bonchev–Trinajstić information content (AvgIpc) is 2.29. The minimum absolute atomic E-state index is 0.0748. The molecule has 0 aromatic rings. The van der Waals surface area contributed by atoms with Gasteiger partial charge in [-0.15, -0.1) is 0 Å². The number of rotatable bonds is 7. The molecule has 2 N–H and O–H groups in total. The van der Waals surface area contributed by atoms with Gasteiger partial charge >= 0.3 is 6.09 Å². The summed E-state index contributed by atoms with van der Waals surface area (Å²) in [7, 11) is -3.86. The Morgan fingerprint density at radius 3 is 1.78 bits per heavy atom. The summed E-state index contributed by atoms with van der Waals surface area (Å²) in [4.78, 5) is 10.8. The molecular weight excluding hydrogens is 326 g/mol. The lowest BCUT2D eigenvalue weighted by Crippen LogP contribution is -2.50. The van der Waals surface area contributed by atoms with Crippen molar-refractivity contribution >= 4 is 22.7 Å². The summed E-state index contributed by atoms with van der Waals surface area (Å²) in [5.74, 6) is 0. The molecule has 0 aliphatic heterocycles. The van der Waals surface area contributed by atoms with E-state index in [-0.39, 0.29) is 22.7 Å². The highest BCUT2D eigenvalue weighted by Crippen LogP contribution is 2.39. The molecule has 0 saturated carbocycles. The van der Waals surface area contributed by atoms with Crippen molar-refractivity contribution in [2.24, 2.45) is 0 Å². The Morgan fingerprint density at radius 1 is 1.00 bits per heavy atom. The van der Waals surface area contributed by atoms with Gasteiger partial charge in [-0.25, -0.2) is 4.79 Å². The Hall–Kier alpha value is -0.376. The summed E-state index contributed by atoms with van der Waals surface area (Å²) >= 11 is 0. The molecule has 0 rings (SSSR count). The van der Waals surface area contributed by atoms with E-state index >= 15 is 0 Å². The average molecular weight is 364 g/mol. The third-order valence-corrected chi connectivity index (χ3v) is 14.2. The van der Waals surface area contributed by atoms with Crippen molar-refractivity contribution in [3.05, 3.63) is 0 Å². The van der Waals surface area contributed by atoms with Crippen LogP contribution in [0.1, 0.15) is 41.5 Å². The van der Waals surface area contributed by atoms with Crippen molar-refractivity contribution in [3.63, 3.8) is 0 Å². The largest absolute Gasteiger partial charge is 0.465 e. The van der Waals surface area contributed by atoms with Crippen molar-refractivity contribution in [2.45, 2.75) is 83.9 Å². The highest BCUT2D eigenvalue weighted by molar-refractivity contribution is 6.74. The first-order valence-electron chi connectivity index (χ1n) is 8.28. The molecule has 0 aromatic carbocycles. The fourth-order valence-electron chi connectivity index (χ4n) is 1.45. The number of carbonyl (C=O) groups is 1. The molecule has 5 nitrogen and oxygen atoms in total. The Bertz CT molecular complexity index is 398. The molecular formula is C16H37NO4Si2. The molecule has 7 heteroatoms. The van der Waals surface area contributed by atoms with Gasteiger partial charge in [0.25, 0.3) is 0 Å². The highest BCUT2D eigenvalue weighted by Gasteiger charge is 2.41. The summed E-state index contributed by atoms with van der Waals surface area (Å²) in [6.45, 7) is 22.5. The van der Waals surface area contributed by atoms with E-state index in [1.165, 1.54) is 0 Å². The van der Waals surface area contributed by atoms with Crippen LogP contribution in [0.3, 0.4) is 0 Å². The van der Waals surface area contributed by atoms with Crippen molar-refractivity contribution in [2.75, 3.05) is 13.2 Å². The van der Waals surface area contributed by atoms with Gasteiger partial charge in [0.15, 0.2) is 16.6 Å². The molecule has 0 spiro atoms.